The van der Waals surface area contributed by atoms with Gasteiger partial charge in [0.1, 0.15) is 5.82 Å². The maximum absolute atomic E-state index is 13.8. The molecule has 0 unspecified atom stereocenters. The first-order valence-corrected chi connectivity index (χ1v) is 8.40. The van der Waals surface area contributed by atoms with Crippen molar-refractivity contribution in [3.05, 3.63) is 34.6 Å². The van der Waals surface area contributed by atoms with Crippen LogP contribution in [0.4, 0.5) is 4.39 Å². The van der Waals surface area contributed by atoms with Crippen molar-refractivity contribution in [2.75, 3.05) is 32.8 Å². The van der Waals surface area contributed by atoms with Gasteiger partial charge in [0.2, 0.25) is 0 Å². The lowest BCUT2D eigenvalue weighted by molar-refractivity contribution is 0.0124. The summed E-state index contributed by atoms with van der Waals surface area (Å²) in [7, 11) is 0. The molecule has 0 radical (unpaired) electrons. The number of ether oxygens (including phenoxy) is 1. The van der Waals surface area contributed by atoms with Crippen molar-refractivity contribution >= 4 is 17.5 Å². The number of nitrogens with one attached hydrogen (secondary N) is 1. The van der Waals surface area contributed by atoms with Crippen LogP contribution in [-0.2, 0) is 4.74 Å². The number of carbonyl (C=O) groups excluding carboxylic acids is 1. The molecule has 2 rings (SSSR count). The summed E-state index contributed by atoms with van der Waals surface area (Å²) in [6.45, 7) is 7.95. The lowest BCUT2D eigenvalue weighted by Crippen LogP contribution is -2.49. The summed E-state index contributed by atoms with van der Waals surface area (Å²) in [4.78, 5) is 14.6. The second-order valence-electron chi connectivity index (χ2n) is 6.27. The number of rotatable bonds is 6. The van der Waals surface area contributed by atoms with Crippen LogP contribution in [0.2, 0.25) is 5.02 Å². The molecule has 1 fully saturated rings. The van der Waals surface area contributed by atoms with E-state index in [1.165, 1.54) is 18.2 Å². The number of nitrogens with zero attached hydrogens (tertiary/aromatic N) is 1. The standard InChI is InChI=1S/C17H24ClFN2O2/c1-12(2)9-14(21-5-7-23-8-6-21)11-20-17(22)15-10-13(18)3-4-16(15)19/h3-4,10,12,14H,5-9,11H2,1-2H3,(H,20,22)/t14-/m1/s1. The lowest BCUT2D eigenvalue weighted by atomic mass is 10.0. The molecule has 0 bridgehead atoms. The highest BCUT2D eigenvalue weighted by Gasteiger charge is 2.23. The van der Waals surface area contributed by atoms with Gasteiger partial charge in [-0.3, -0.25) is 9.69 Å². The van der Waals surface area contributed by atoms with Crippen LogP contribution in [0.5, 0.6) is 0 Å². The van der Waals surface area contributed by atoms with Crippen LogP contribution >= 0.6 is 11.6 Å². The Balaban J connectivity index is 1.99. The van der Waals surface area contributed by atoms with Gasteiger partial charge in [0.25, 0.3) is 5.91 Å². The number of hydrogen-bond donors (Lipinski definition) is 1. The smallest absolute Gasteiger partial charge is 0.254 e. The quantitative estimate of drug-likeness (QED) is 0.864. The molecule has 1 atom stereocenters. The van der Waals surface area contributed by atoms with Crippen LogP contribution in [-0.4, -0.2) is 49.7 Å². The molecule has 128 valence electrons. The SMILES string of the molecule is CC(C)C[C@H](CNC(=O)c1cc(Cl)ccc1F)N1CCOCC1. The predicted molar refractivity (Wildman–Crippen MR) is 89.4 cm³/mol. The molecule has 1 saturated heterocycles. The molecular weight excluding hydrogens is 319 g/mol. The summed E-state index contributed by atoms with van der Waals surface area (Å²) in [5.41, 5.74) is -0.0113. The summed E-state index contributed by atoms with van der Waals surface area (Å²) >= 11 is 5.85. The molecule has 1 aromatic carbocycles. The third-order valence-corrected chi connectivity index (χ3v) is 4.21. The van der Waals surface area contributed by atoms with E-state index in [4.69, 9.17) is 16.3 Å². The van der Waals surface area contributed by atoms with Crippen molar-refractivity contribution in [1.29, 1.82) is 0 Å². The van der Waals surface area contributed by atoms with E-state index in [9.17, 15) is 9.18 Å². The van der Waals surface area contributed by atoms with E-state index >= 15 is 0 Å². The summed E-state index contributed by atoms with van der Waals surface area (Å²) in [6, 6.07) is 4.23. The molecule has 23 heavy (non-hydrogen) atoms. The van der Waals surface area contributed by atoms with Gasteiger partial charge in [-0.1, -0.05) is 25.4 Å². The van der Waals surface area contributed by atoms with Crippen LogP contribution < -0.4 is 5.32 Å². The Kier molecular flexibility index (Phi) is 6.81. The minimum absolute atomic E-state index is 0.0113. The molecule has 1 aliphatic heterocycles. The summed E-state index contributed by atoms with van der Waals surface area (Å²) in [6.07, 6.45) is 0.971. The van der Waals surface area contributed by atoms with Crippen molar-refractivity contribution in [3.63, 3.8) is 0 Å². The van der Waals surface area contributed by atoms with E-state index < -0.39 is 11.7 Å². The van der Waals surface area contributed by atoms with Crippen molar-refractivity contribution in [2.45, 2.75) is 26.3 Å². The monoisotopic (exact) mass is 342 g/mol. The van der Waals surface area contributed by atoms with Gasteiger partial charge in [0, 0.05) is 30.7 Å². The topological polar surface area (TPSA) is 41.6 Å². The fourth-order valence-corrected chi connectivity index (χ4v) is 3.00. The van der Waals surface area contributed by atoms with E-state index in [-0.39, 0.29) is 11.6 Å². The number of carbonyl (C=O) groups is 1. The minimum Gasteiger partial charge on any atom is -0.379 e. The maximum atomic E-state index is 13.8. The van der Waals surface area contributed by atoms with Crippen LogP contribution in [0.3, 0.4) is 0 Å². The average Bonchev–Trinajstić information content (AvgIpc) is 2.54. The summed E-state index contributed by atoms with van der Waals surface area (Å²) < 4.78 is 19.1. The van der Waals surface area contributed by atoms with Gasteiger partial charge in [0.15, 0.2) is 0 Å². The van der Waals surface area contributed by atoms with E-state index in [1.807, 2.05) is 0 Å². The van der Waals surface area contributed by atoms with E-state index in [1.54, 1.807) is 0 Å². The molecule has 0 saturated carbocycles. The fourth-order valence-electron chi connectivity index (χ4n) is 2.83. The predicted octanol–water partition coefficient (Wildman–Crippen LogP) is 2.96. The van der Waals surface area contributed by atoms with Gasteiger partial charge >= 0.3 is 0 Å². The zero-order valence-corrected chi connectivity index (χ0v) is 14.4. The van der Waals surface area contributed by atoms with Gasteiger partial charge in [-0.05, 0) is 30.5 Å². The highest BCUT2D eigenvalue weighted by Crippen LogP contribution is 2.16. The Morgan fingerprint density at radius 1 is 1.39 bits per heavy atom. The number of hydrogen-bond acceptors (Lipinski definition) is 3. The summed E-state index contributed by atoms with van der Waals surface area (Å²) in [5, 5.41) is 3.20. The van der Waals surface area contributed by atoms with Crippen molar-refractivity contribution < 1.29 is 13.9 Å². The molecular formula is C17H24ClFN2O2. The zero-order chi connectivity index (χ0) is 16.8. The third-order valence-electron chi connectivity index (χ3n) is 3.98. The van der Waals surface area contributed by atoms with Gasteiger partial charge < -0.3 is 10.1 Å². The molecule has 1 heterocycles. The van der Waals surface area contributed by atoms with E-state index in [0.29, 0.717) is 30.7 Å². The Bertz CT molecular complexity index is 533. The van der Waals surface area contributed by atoms with Crippen LogP contribution in [0.25, 0.3) is 0 Å². The van der Waals surface area contributed by atoms with Crippen molar-refractivity contribution in [3.8, 4) is 0 Å². The van der Waals surface area contributed by atoms with Crippen molar-refractivity contribution in [2.24, 2.45) is 5.92 Å². The number of amides is 1. The first kappa shape index (κ1) is 18.2. The van der Waals surface area contributed by atoms with E-state index in [2.05, 4.69) is 24.1 Å². The van der Waals surface area contributed by atoms with Gasteiger partial charge in [-0.2, -0.15) is 0 Å². The highest BCUT2D eigenvalue weighted by atomic mass is 35.5. The Morgan fingerprint density at radius 2 is 2.09 bits per heavy atom. The number of halogens is 2. The molecule has 4 nitrogen and oxygen atoms in total. The average molecular weight is 343 g/mol. The first-order valence-electron chi connectivity index (χ1n) is 8.02. The molecule has 1 amide bonds. The summed E-state index contributed by atoms with van der Waals surface area (Å²) in [5.74, 6) is -0.464. The van der Waals surface area contributed by atoms with Crippen LogP contribution in [0.1, 0.15) is 30.6 Å². The number of morpholine rings is 1. The first-order chi connectivity index (χ1) is 11.0. The Hall–Kier alpha value is -1.17. The second kappa shape index (κ2) is 8.62. The van der Waals surface area contributed by atoms with E-state index in [0.717, 1.165) is 19.5 Å². The Morgan fingerprint density at radius 3 is 2.74 bits per heavy atom. The van der Waals surface area contributed by atoms with Gasteiger partial charge in [0.05, 0.1) is 18.8 Å². The van der Waals surface area contributed by atoms with Gasteiger partial charge in [-0.25, -0.2) is 4.39 Å². The molecule has 6 heteroatoms. The molecule has 0 spiro atoms. The molecule has 0 aliphatic carbocycles. The highest BCUT2D eigenvalue weighted by molar-refractivity contribution is 6.30. The normalized spacial score (nSPS) is 17.3. The zero-order valence-electron chi connectivity index (χ0n) is 13.6. The van der Waals surface area contributed by atoms with Crippen molar-refractivity contribution in [1.82, 2.24) is 10.2 Å². The molecule has 0 aromatic heterocycles. The molecule has 1 aromatic rings. The lowest BCUT2D eigenvalue weighted by Gasteiger charge is -2.35. The van der Waals surface area contributed by atoms with Crippen LogP contribution in [0.15, 0.2) is 18.2 Å². The fraction of sp³-hybridized carbons (Fsp3) is 0.588. The molecule has 1 N–H and O–H groups in total. The second-order valence-corrected chi connectivity index (χ2v) is 6.70. The third kappa shape index (κ3) is 5.44. The largest absolute Gasteiger partial charge is 0.379 e. The maximum Gasteiger partial charge on any atom is 0.254 e. The Labute approximate surface area is 141 Å². The number of benzene rings is 1. The van der Waals surface area contributed by atoms with Crippen LogP contribution in [0, 0.1) is 11.7 Å². The molecule has 1 aliphatic rings. The van der Waals surface area contributed by atoms with Gasteiger partial charge in [-0.15, -0.1) is 0 Å². The minimum atomic E-state index is -0.557.